The van der Waals surface area contributed by atoms with Gasteiger partial charge in [-0.25, -0.2) is 4.98 Å². The van der Waals surface area contributed by atoms with Crippen molar-refractivity contribution in [3.05, 3.63) is 59.9 Å². The number of aromatic amines is 1. The molecule has 112 valence electrons. The van der Waals surface area contributed by atoms with Crippen LogP contribution in [-0.4, -0.2) is 21.6 Å². The number of H-pyrrole nitrogens is 1. The fraction of sp³-hybridized carbons (Fsp3) is 0.176. The van der Waals surface area contributed by atoms with Gasteiger partial charge in [0.1, 0.15) is 5.82 Å². The average Bonchev–Trinajstić information content (AvgIpc) is 2.96. The quantitative estimate of drug-likeness (QED) is 0.708. The van der Waals surface area contributed by atoms with Crippen LogP contribution >= 0.6 is 11.8 Å². The predicted molar refractivity (Wildman–Crippen MR) is 90.1 cm³/mol. The van der Waals surface area contributed by atoms with Crippen LogP contribution in [0.1, 0.15) is 23.1 Å². The van der Waals surface area contributed by atoms with Crippen molar-refractivity contribution >= 4 is 28.7 Å². The van der Waals surface area contributed by atoms with Crippen LogP contribution in [0, 0.1) is 0 Å². The smallest absolute Gasteiger partial charge is 0.252 e. The number of thioether (sulfide) groups is 1. The van der Waals surface area contributed by atoms with Gasteiger partial charge in [-0.2, -0.15) is 0 Å². The number of fused-ring (bicyclic) bond motifs is 1. The molecular formula is C17H17N3OS. The Balaban J connectivity index is 1.72. The highest BCUT2D eigenvalue weighted by Gasteiger charge is 2.11. The van der Waals surface area contributed by atoms with Crippen molar-refractivity contribution in [3.8, 4) is 0 Å². The summed E-state index contributed by atoms with van der Waals surface area (Å²) in [6, 6.07) is 15.5. The lowest BCUT2D eigenvalue weighted by Gasteiger charge is -2.08. The van der Waals surface area contributed by atoms with Crippen molar-refractivity contribution in [2.24, 2.45) is 0 Å². The summed E-state index contributed by atoms with van der Waals surface area (Å²) in [6.45, 7) is 2.46. The van der Waals surface area contributed by atoms with Gasteiger partial charge < -0.3 is 10.3 Å². The summed E-state index contributed by atoms with van der Waals surface area (Å²) in [5, 5.41) is 2.93. The Bertz CT molecular complexity index is 764. The molecule has 0 saturated carbocycles. The fourth-order valence-electron chi connectivity index (χ4n) is 2.28. The molecule has 1 amide bonds. The SMILES string of the molecule is CCSc1ccccc1C(=O)NCc1nc2ccccc2[nH]1. The third-order valence-electron chi connectivity index (χ3n) is 3.29. The van der Waals surface area contributed by atoms with Gasteiger partial charge in [0.05, 0.1) is 23.1 Å². The molecule has 2 aromatic carbocycles. The van der Waals surface area contributed by atoms with Gasteiger partial charge in [0.25, 0.3) is 5.91 Å². The van der Waals surface area contributed by atoms with Crippen molar-refractivity contribution in [3.63, 3.8) is 0 Å². The Hall–Kier alpha value is -2.27. The van der Waals surface area contributed by atoms with Crippen molar-refractivity contribution in [2.75, 3.05) is 5.75 Å². The number of benzene rings is 2. The summed E-state index contributed by atoms with van der Waals surface area (Å²) < 4.78 is 0. The van der Waals surface area contributed by atoms with Crippen LogP contribution < -0.4 is 5.32 Å². The number of imidazole rings is 1. The molecule has 3 aromatic rings. The van der Waals surface area contributed by atoms with Gasteiger partial charge in [-0.1, -0.05) is 31.2 Å². The molecule has 0 saturated heterocycles. The summed E-state index contributed by atoms with van der Waals surface area (Å²) in [7, 11) is 0. The Morgan fingerprint density at radius 2 is 1.95 bits per heavy atom. The first-order valence-electron chi connectivity index (χ1n) is 7.21. The molecule has 1 aromatic heterocycles. The van der Waals surface area contributed by atoms with Crippen molar-refractivity contribution in [1.82, 2.24) is 15.3 Å². The molecule has 0 aliphatic carbocycles. The zero-order chi connectivity index (χ0) is 15.4. The second-order valence-corrected chi connectivity index (χ2v) is 6.12. The molecular weight excluding hydrogens is 294 g/mol. The number of rotatable bonds is 5. The van der Waals surface area contributed by atoms with E-state index in [1.807, 2.05) is 48.5 Å². The number of carbonyl (C=O) groups excluding carboxylic acids is 1. The number of nitrogens with zero attached hydrogens (tertiary/aromatic N) is 1. The molecule has 0 aliphatic rings. The van der Waals surface area contributed by atoms with Crippen molar-refractivity contribution in [1.29, 1.82) is 0 Å². The Morgan fingerprint density at radius 3 is 2.77 bits per heavy atom. The zero-order valence-corrected chi connectivity index (χ0v) is 13.1. The van der Waals surface area contributed by atoms with Gasteiger partial charge in [0.15, 0.2) is 0 Å². The molecule has 5 heteroatoms. The number of para-hydroxylation sites is 2. The number of hydrogen-bond donors (Lipinski definition) is 2. The molecule has 2 N–H and O–H groups in total. The Kier molecular flexibility index (Phi) is 4.44. The molecule has 22 heavy (non-hydrogen) atoms. The molecule has 0 unspecified atom stereocenters. The lowest BCUT2D eigenvalue weighted by atomic mass is 10.2. The lowest BCUT2D eigenvalue weighted by Crippen LogP contribution is -2.24. The van der Waals surface area contributed by atoms with Crippen LogP contribution in [0.25, 0.3) is 11.0 Å². The predicted octanol–water partition coefficient (Wildman–Crippen LogP) is 3.60. The largest absolute Gasteiger partial charge is 0.345 e. The number of carbonyl (C=O) groups is 1. The minimum absolute atomic E-state index is 0.0722. The van der Waals surface area contributed by atoms with Gasteiger partial charge in [-0.15, -0.1) is 11.8 Å². The second kappa shape index (κ2) is 6.66. The van der Waals surface area contributed by atoms with Crippen molar-refractivity contribution in [2.45, 2.75) is 18.4 Å². The van der Waals surface area contributed by atoms with Gasteiger partial charge in [0.2, 0.25) is 0 Å². The van der Waals surface area contributed by atoms with Gasteiger partial charge in [-0.3, -0.25) is 4.79 Å². The summed E-state index contributed by atoms with van der Waals surface area (Å²) in [5.74, 6) is 1.63. The van der Waals surface area contributed by atoms with Crippen LogP contribution in [0.5, 0.6) is 0 Å². The molecule has 0 spiro atoms. The van der Waals surface area contributed by atoms with Gasteiger partial charge >= 0.3 is 0 Å². The monoisotopic (exact) mass is 311 g/mol. The first-order valence-corrected chi connectivity index (χ1v) is 8.20. The normalized spacial score (nSPS) is 10.8. The fourth-order valence-corrected chi connectivity index (χ4v) is 3.09. The molecule has 0 atom stereocenters. The first kappa shape index (κ1) is 14.7. The molecule has 0 bridgehead atoms. The minimum atomic E-state index is -0.0722. The van der Waals surface area contributed by atoms with Crippen LogP contribution in [-0.2, 0) is 6.54 Å². The molecule has 4 nitrogen and oxygen atoms in total. The summed E-state index contributed by atoms with van der Waals surface area (Å²) >= 11 is 1.67. The average molecular weight is 311 g/mol. The maximum Gasteiger partial charge on any atom is 0.252 e. The number of amides is 1. The maximum atomic E-state index is 12.4. The van der Waals surface area contributed by atoms with Crippen LogP contribution in [0.2, 0.25) is 0 Å². The van der Waals surface area contributed by atoms with E-state index in [4.69, 9.17) is 0 Å². The van der Waals surface area contributed by atoms with E-state index >= 15 is 0 Å². The first-order chi connectivity index (χ1) is 10.8. The van der Waals surface area contributed by atoms with E-state index in [0.29, 0.717) is 12.1 Å². The zero-order valence-electron chi connectivity index (χ0n) is 12.3. The second-order valence-electron chi connectivity index (χ2n) is 4.81. The van der Waals surface area contributed by atoms with E-state index in [-0.39, 0.29) is 5.91 Å². The van der Waals surface area contributed by atoms with Gasteiger partial charge in [0, 0.05) is 4.90 Å². The maximum absolute atomic E-state index is 12.4. The lowest BCUT2D eigenvalue weighted by molar-refractivity contribution is 0.0947. The third-order valence-corrected chi connectivity index (χ3v) is 4.24. The van der Waals surface area contributed by atoms with Crippen LogP contribution in [0.15, 0.2) is 53.4 Å². The summed E-state index contributed by atoms with van der Waals surface area (Å²) in [4.78, 5) is 21.0. The van der Waals surface area contributed by atoms with E-state index < -0.39 is 0 Å². The summed E-state index contributed by atoms with van der Waals surface area (Å²) in [6.07, 6.45) is 0. The van der Waals surface area contributed by atoms with E-state index in [2.05, 4.69) is 22.2 Å². The highest BCUT2D eigenvalue weighted by Crippen LogP contribution is 2.22. The van der Waals surface area contributed by atoms with E-state index in [1.54, 1.807) is 11.8 Å². The van der Waals surface area contributed by atoms with Gasteiger partial charge in [-0.05, 0) is 30.0 Å². The standard InChI is InChI=1S/C17H17N3OS/c1-2-22-15-10-6-3-7-12(15)17(21)18-11-16-19-13-8-4-5-9-14(13)20-16/h3-10H,2,11H2,1H3,(H,18,21)(H,19,20). The highest BCUT2D eigenvalue weighted by molar-refractivity contribution is 7.99. The van der Waals surface area contributed by atoms with E-state index in [0.717, 1.165) is 27.5 Å². The Labute approximate surface area is 133 Å². The number of nitrogens with one attached hydrogen (secondary N) is 2. The van der Waals surface area contributed by atoms with E-state index in [9.17, 15) is 4.79 Å². The van der Waals surface area contributed by atoms with Crippen LogP contribution in [0.3, 0.4) is 0 Å². The van der Waals surface area contributed by atoms with Crippen LogP contribution in [0.4, 0.5) is 0 Å². The number of hydrogen-bond acceptors (Lipinski definition) is 3. The molecule has 3 rings (SSSR count). The highest BCUT2D eigenvalue weighted by atomic mass is 32.2. The Morgan fingerprint density at radius 1 is 1.18 bits per heavy atom. The minimum Gasteiger partial charge on any atom is -0.345 e. The number of aromatic nitrogens is 2. The third kappa shape index (κ3) is 3.14. The summed E-state index contributed by atoms with van der Waals surface area (Å²) in [5.41, 5.74) is 2.60. The molecule has 0 fully saturated rings. The van der Waals surface area contributed by atoms with E-state index in [1.165, 1.54) is 0 Å². The molecule has 0 radical (unpaired) electrons. The molecule has 0 aliphatic heterocycles. The molecule has 1 heterocycles. The van der Waals surface area contributed by atoms with Crippen molar-refractivity contribution < 1.29 is 4.79 Å². The topological polar surface area (TPSA) is 57.8 Å².